The van der Waals surface area contributed by atoms with Crippen molar-refractivity contribution in [2.75, 3.05) is 41.7 Å². The van der Waals surface area contributed by atoms with Gasteiger partial charge in [-0.15, -0.1) is 12.3 Å². The zero-order valence-electron chi connectivity index (χ0n) is 22.1. The third-order valence-electron chi connectivity index (χ3n) is 4.96. The van der Waals surface area contributed by atoms with Crippen LogP contribution in [0.25, 0.3) is 0 Å². The van der Waals surface area contributed by atoms with Gasteiger partial charge in [-0.2, -0.15) is 0 Å². The summed E-state index contributed by atoms with van der Waals surface area (Å²) in [6.45, 7) is 6.69. The highest BCUT2D eigenvalue weighted by Crippen LogP contribution is 2.36. The van der Waals surface area contributed by atoms with Crippen molar-refractivity contribution in [2.24, 2.45) is 0 Å². The Kier molecular flexibility index (Phi) is 14.2. The Morgan fingerprint density at radius 2 is 1.03 bits per heavy atom. The standard InChI is InChI=1S/C15H20O3.C14H18O3/c1-5-7-9-18-13-11-15(17-4)14(16-3)10-12(13)8-6-2;1-5-7-11-9-13(15-3)14(16-4)10-12(11)17-8-6-2/h10-11H,6,8-9H2,1-4H3;2,9-10H,5,7-8H2,1,3-4H3. The van der Waals surface area contributed by atoms with Crippen molar-refractivity contribution in [3.8, 4) is 58.7 Å². The molecule has 0 bridgehead atoms. The van der Waals surface area contributed by atoms with Gasteiger partial charge in [0.25, 0.3) is 0 Å². The molecule has 6 heteroatoms. The molecule has 0 saturated carbocycles. The molecule has 0 spiro atoms. The molecular weight excluding hydrogens is 444 g/mol. The third-order valence-corrected chi connectivity index (χ3v) is 4.96. The van der Waals surface area contributed by atoms with Gasteiger partial charge in [0.1, 0.15) is 24.7 Å². The minimum absolute atomic E-state index is 0.256. The molecule has 0 aliphatic rings. The summed E-state index contributed by atoms with van der Waals surface area (Å²) in [6, 6.07) is 7.59. The van der Waals surface area contributed by atoms with E-state index in [9.17, 15) is 0 Å². The molecule has 190 valence electrons. The number of hydrogen-bond acceptors (Lipinski definition) is 6. The maximum absolute atomic E-state index is 5.66. The lowest BCUT2D eigenvalue weighted by Crippen LogP contribution is -2.00. The van der Waals surface area contributed by atoms with Crippen LogP contribution < -0.4 is 28.4 Å². The molecule has 2 aromatic rings. The molecule has 0 amide bonds. The lowest BCUT2D eigenvalue weighted by atomic mass is 10.1. The number of terminal acetylenes is 1. The van der Waals surface area contributed by atoms with Gasteiger partial charge in [0.2, 0.25) is 0 Å². The van der Waals surface area contributed by atoms with Crippen molar-refractivity contribution in [1.29, 1.82) is 0 Å². The zero-order chi connectivity index (χ0) is 26.1. The van der Waals surface area contributed by atoms with Crippen molar-refractivity contribution in [1.82, 2.24) is 0 Å². The molecule has 0 atom stereocenters. The molecule has 35 heavy (non-hydrogen) atoms. The topological polar surface area (TPSA) is 55.4 Å². The van der Waals surface area contributed by atoms with Gasteiger partial charge < -0.3 is 28.4 Å². The van der Waals surface area contributed by atoms with Crippen LogP contribution in [0, 0.1) is 24.2 Å². The largest absolute Gasteiger partial charge is 0.493 e. The molecular formula is C29H38O6. The fourth-order valence-corrected chi connectivity index (χ4v) is 3.31. The van der Waals surface area contributed by atoms with Crippen LogP contribution in [0.15, 0.2) is 24.3 Å². The molecule has 2 rings (SSSR count). The first-order chi connectivity index (χ1) is 17.0. The first-order valence-corrected chi connectivity index (χ1v) is 11.6. The third kappa shape index (κ3) is 9.26. The van der Waals surface area contributed by atoms with Crippen LogP contribution >= 0.6 is 0 Å². The molecule has 0 N–H and O–H groups in total. The Hall–Kier alpha value is -3.64. The summed E-state index contributed by atoms with van der Waals surface area (Å²) in [6.07, 6.45) is 9.13. The molecule has 0 radical (unpaired) electrons. The maximum Gasteiger partial charge on any atom is 0.164 e. The van der Waals surface area contributed by atoms with E-state index >= 15 is 0 Å². The average molecular weight is 483 g/mol. The lowest BCUT2D eigenvalue weighted by molar-refractivity contribution is 0.339. The van der Waals surface area contributed by atoms with E-state index < -0.39 is 0 Å². The molecule has 6 nitrogen and oxygen atoms in total. The Balaban J connectivity index is 0.000000351. The second kappa shape index (κ2) is 16.9. The minimum atomic E-state index is 0.256. The molecule has 0 aliphatic carbocycles. The highest BCUT2D eigenvalue weighted by atomic mass is 16.5. The van der Waals surface area contributed by atoms with Gasteiger partial charge >= 0.3 is 0 Å². The Labute approximate surface area is 210 Å². The van der Waals surface area contributed by atoms with Gasteiger partial charge in [-0.25, -0.2) is 0 Å². The maximum atomic E-state index is 5.66. The van der Waals surface area contributed by atoms with Crippen molar-refractivity contribution >= 4 is 0 Å². The fraction of sp³-hybridized carbons (Fsp3) is 0.448. The van der Waals surface area contributed by atoms with Gasteiger partial charge in [0, 0.05) is 12.1 Å². The van der Waals surface area contributed by atoms with Crippen LogP contribution in [0.2, 0.25) is 0 Å². The van der Waals surface area contributed by atoms with Crippen LogP contribution in [0.1, 0.15) is 44.7 Å². The van der Waals surface area contributed by atoms with Crippen LogP contribution in [-0.4, -0.2) is 41.7 Å². The predicted molar refractivity (Wildman–Crippen MR) is 140 cm³/mol. The molecule has 2 aromatic carbocycles. The predicted octanol–water partition coefficient (Wildman–Crippen LogP) is 5.73. The summed E-state index contributed by atoms with van der Waals surface area (Å²) in [5.41, 5.74) is 2.20. The fourth-order valence-electron chi connectivity index (χ4n) is 3.31. The molecule has 0 heterocycles. The summed E-state index contributed by atoms with van der Waals surface area (Å²) < 4.78 is 32.2. The summed E-state index contributed by atoms with van der Waals surface area (Å²) in [5.74, 6) is 12.5. The second-order valence-electron chi connectivity index (χ2n) is 7.34. The van der Waals surface area contributed by atoms with Crippen molar-refractivity contribution in [3.63, 3.8) is 0 Å². The van der Waals surface area contributed by atoms with Crippen molar-refractivity contribution in [3.05, 3.63) is 35.4 Å². The Morgan fingerprint density at radius 3 is 1.37 bits per heavy atom. The normalized spacial score (nSPS) is 9.43. The number of benzene rings is 2. The molecule has 0 saturated heterocycles. The molecule has 0 aromatic heterocycles. The second-order valence-corrected chi connectivity index (χ2v) is 7.34. The minimum Gasteiger partial charge on any atom is -0.493 e. The number of methoxy groups -OCH3 is 4. The Morgan fingerprint density at radius 1 is 0.629 bits per heavy atom. The van der Waals surface area contributed by atoms with E-state index in [1.54, 1.807) is 35.4 Å². The van der Waals surface area contributed by atoms with E-state index in [2.05, 4.69) is 31.6 Å². The van der Waals surface area contributed by atoms with E-state index in [4.69, 9.17) is 34.8 Å². The van der Waals surface area contributed by atoms with E-state index in [0.29, 0.717) is 23.9 Å². The highest BCUT2D eigenvalue weighted by molar-refractivity contribution is 5.51. The molecule has 0 aliphatic heterocycles. The van der Waals surface area contributed by atoms with E-state index in [1.165, 1.54) is 0 Å². The Bertz CT molecular complexity index is 1010. The summed E-state index contributed by atoms with van der Waals surface area (Å²) in [5, 5.41) is 0. The summed E-state index contributed by atoms with van der Waals surface area (Å²) in [7, 11) is 6.47. The van der Waals surface area contributed by atoms with Crippen LogP contribution in [0.3, 0.4) is 0 Å². The van der Waals surface area contributed by atoms with Crippen LogP contribution in [-0.2, 0) is 12.8 Å². The highest BCUT2D eigenvalue weighted by Gasteiger charge is 2.12. The van der Waals surface area contributed by atoms with Crippen molar-refractivity contribution in [2.45, 2.75) is 46.5 Å². The number of hydrogen-bond donors (Lipinski definition) is 0. The van der Waals surface area contributed by atoms with Gasteiger partial charge in [-0.3, -0.25) is 0 Å². The number of rotatable bonds is 12. The first-order valence-electron chi connectivity index (χ1n) is 11.6. The van der Waals surface area contributed by atoms with Crippen LogP contribution in [0.4, 0.5) is 0 Å². The number of aryl methyl sites for hydroxylation is 2. The summed E-state index contributed by atoms with van der Waals surface area (Å²) in [4.78, 5) is 0. The molecule has 0 unspecified atom stereocenters. The summed E-state index contributed by atoms with van der Waals surface area (Å²) >= 11 is 0. The van der Waals surface area contributed by atoms with Crippen LogP contribution in [0.5, 0.6) is 34.5 Å². The van der Waals surface area contributed by atoms with E-state index in [1.807, 2.05) is 24.3 Å². The van der Waals surface area contributed by atoms with Gasteiger partial charge in [-0.1, -0.05) is 38.5 Å². The first kappa shape index (κ1) is 29.4. The van der Waals surface area contributed by atoms with E-state index in [-0.39, 0.29) is 6.61 Å². The van der Waals surface area contributed by atoms with E-state index in [0.717, 1.165) is 54.1 Å². The lowest BCUT2D eigenvalue weighted by Gasteiger charge is -2.14. The van der Waals surface area contributed by atoms with Crippen molar-refractivity contribution < 1.29 is 28.4 Å². The van der Waals surface area contributed by atoms with Gasteiger partial charge in [0.05, 0.1) is 28.4 Å². The number of ether oxygens (including phenoxy) is 6. The quantitative estimate of drug-likeness (QED) is 0.360. The van der Waals surface area contributed by atoms with Gasteiger partial charge in [0.15, 0.2) is 23.0 Å². The monoisotopic (exact) mass is 482 g/mol. The smallest absolute Gasteiger partial charge is 0.164 e. The average Bonchev–Trinajstić information content (AvgIpc) is 2.88. The zero-order valence-corrected chi connectivity index (χ0v) is 22.1. The SMILES string of the molecule is C#CCOc1cc(OC)c(OC)cc1CCC.CC#CCOc1cc(OC)c(OC)cc1CCC. The molecule has 0 fully saturated rings. The van der Waals surface area contributed by atoms with Gasteiger partial charge in [-0.05, 0) is 43.0 Å².